The molecule has 4 nitrogen and oxygen atoms in total. The van der Waals surface area contributed by atoms with Crippen LogP contribution < -0.4 is 10.1 Å². The zero-order valence-corrected chi connectivity index (χ0v) is 11.3. The van der Waals surface area contributed by atoms with Crippen LogP contribution in [-0.4, -0.2) is 19.1 Å². The number of benzene rings is 1. The third-order valence-corrected chi connectivity index (χ3v) is 2.94. The van der Waals surface area contributed by atoms with E-state index in [0.29, 0.717) is 17.5 Å². The average Bonchev–Trinajstić information content (AvgIpc) is 2.71. The monoisotopic (exact) mass is 266 g/mol. The molecule has 0 bridgehead atoms. The van der Waals surface area contributed by atoms with E-state index in [0.717, 1.165) is 22.8 Å². The summed E-state index contributed by atoms with van der Waals surface area (Å²) in [6, 6.07) is 6.06. The van der Waals surface area contributed by atoms with Crippen molar-refractivity contribution < 1.29 is 9.15 Å². The molecule has 2 aromatic rings. The van der Waals surface area contributed by atoms with Gasteiger partial charge in [0.2, 0.25) is 0 Å². The van der Waals surface area contributed by atoms with Crippen LogP contribution in [0.1, 0.15) is 17.0 Å². The highest BCUT2D eigenvalue weighted by atomic mass is 35.5. The highest BCUT2D eigenvalue weighted by Gasteiger charge is 2.12. The summed E-state index contributed by atoms with van der Waals surface area (Å²) in [5.74, 6) is 1.59. The van der Waals surface area contributed by atoms with E-state index >= 15 is 0 Å². The van der Waals surface area contributed by atoms with Gasteiger partial charge in [0.15, 0.2) is 0 Å². The molecule has 0 saturated heterocycles. The van der Waals surface area contributed by atoms with Gasteiger partial charge in [-0.15, -0.1) is 0 Å². The first kappa shape index (κ1) is 12.8. The lowest BCUT2D eigenvalue weighted by atomic mass is 10.1. The van der Waals surface area contributed by atoms with Crippen LogP contribution in [0.5, 0.6) is 5.75 Å². The first-order valence-corrected chi connectivity index (χ1v) is 5.98. The number of oxazole rings is 1. The Labute approximate surface area is 111 Å². The lowest BCUT2D eigenvalue weighted by Crippen LogP contribution is -1.96. The molecule has 5 heteroatoms. The molecule has 0 radical (unpaired) electrons. The van der Waals surface area contributed by atoms with Crippen molar-refractivity contribution in [2.24, 2.45) is 0 Å². The second-order valence-corrected chi connectivity index (χ2v) is 4.34. The molecule has 0 spiro atoms. The van der Waals surface area contributed by atoms with Gasteiger partial charge in [-0.3, -0.25) is 0 Å². The average molecular weight is 267 g/mol. The highest BCUT2D eigenvalue weighted by Crippen LogP contribution is 2.26. The van der Waals surface area contributed by atoms with Crippen LogP contribution in [-0.2, 0) is 6.42 Å². The Balaban J connectivity index is 2.32. The molecule has 0 saturated carbocycles. The summed E-state index contributed by atoms with van der Waals surface area (Å²) in [5.41, 5.74) is 1.86. The van der Waals surface area contributed by atoms with Gasteiger partial charge in [0.1, 0.15) is 11.5 Å². The van der Waals surface area contributed by atoms with E-state index in [1.54, 1.807) is 20.2 Å². The van der Waals surface area contributed by atoms with Crippen molar-refractivity contribution in [3.05, 3.63) is 40.2 Å². The number of hydrogen-bond acceptors (Lipinski definition) is 4. The fourth-order valence-electron chi connectivity index (χ4n) is 1.76. The van der Waals surface area contributed by atoms with Crippen LogP contribution in [0.3, 0.4) is 0 Å². The quantitative estimate of drug-likeness (QED) is 0.923. The number of aryl methyl sites for hydroxylation is 1. The molecule has 96 valence electrons. The minimum Gasteiger partial charge on any atom is -0.496 e. The topological polar surface area (TPSA) is 47.3 Å². The largest absolute Gasteiger partial charge is 0.496 e. The Morgan fingerprint density at radius 2 is 2.22 bits per heavy atom. The Kier molecular flexibility index (Phi) is 3.77. The second kappa shape index (κ2) is 5.31. The van der Waals surface area contributed by atoms with E-state index in [-0.39, 0.29) is 0 Å². The van der Waals surface area contributed by atoms with Gasteiger partial charge >= 0.3 is 0 Å². The number of aromatic nitrogens is 1. The number of rotatable bonds is 4. The lowest BCUT2D eigenvalue weighted by Gasteiger charge is -2.07. The summed E-state index contributed by atoms with van der Waals surface area (Å²) in [6.45, 7) is 1.89. The Hall–Kier alpha value is -1.68. The molecule has 0 aliphatic carbocycles. The van der Waals surface area contributed by atoms with Gasteiger partial charge in [-0.2, -0.15) is 4.98 Å². The normalized spacial score (nSPS) is 10.4. The lowest BCUT2D eigenvalue weighted by molar-refractivity contribution is 0.410. The number of nitrogens with one attached hydrogen (secondary N) is 1. The van der Waals surface area contributed by atoms with Crippen LogP contribution in [0.2, 0.25) is 5.02 Å². The van der Waals surface area contributed by atoms with Crippen LogP contribution in [0.4, 0.5) is 6.01 Å². The van der Waals surface area contributed by atoms with Crippen molar-refractivity contribution in [2.45, 2.75) is 13.3 Å². The molecular weight excluding hydrogens is 252 g/mol. The summed E-state index contributed by atoms with van der Waals surface area (Å²) in [6.07, 6.45) is 0.626. The predicted molar refractivity (Wildman–Crippen MR) is 71.6 cm³/mol. The molecule has 0 amide bonds. The first-order valence-electron chi connectivity index (χ1n) is 5.60. The number of hydrogen-bond donors (Lipinski definition) is 1. The fraction of sp³-hybridized carbons (Fsp3) is 0.308. The zero-order chi connectivity index (χ0) is 13.1. The molecule has 1 heterocycles. The molecule has 1 aromatic heterocycles. The molecular formula is C13H15ClN2O2. The molecule has 0 aliphatic heterocycles. The van der Waals surface area contributed by atoms with Crippen LogP contribution >= 0.6 is 11.6 Å². The zero-order valence-electron chi connectivity index (χ0n) is 10.6. The summed E-state index contributed by atoms with van der Waals surface area (Å²) >= 11 is 6.00. The van der Waals surface area contributed by atoms with Gasteiger partial charge in [-0.25, -0.2) is 0 Å². The smallest absolute Gasteiger partial charge is 0.294 e. The maximum absolute atomic E-state index is 6.00. The number of ether oxygens (including phenoxy) is 1. The van der Waals surface area contributed by atoms with Crippen LogP contribution in [0.15, 0.2) is 22.6 Å². The number of nitrogens with zero attached hydrogens (tertiary/aromatic N) is 1. The molecule has 2 rings (SSSR count). The Morgan fingerprint density at radius 1 is 1.44 bits per heavy atom. The van der Waals surface area contributed by atoms with E-state index < -0.39 is 0 Å². The first-order chi connectivity index (χ1) is 8.63. The summed E-state index contributed by atoms with van der Waals surface area (Å²) in [7, 11) is 3.41. The maximum atomic E-state index is 6.00. The maximum Gasteiger partial charge on any atom is 0.294 e. The van der Waals surface area contributed by atoms with E-state index in [1.165, 1.54) is 0 Å². The predicted octanol–water partition coefficient (Wildman–Crippen LogP) is 3.28. The molecule has 0 aliphatic rings. The molecule has 0 unspecified atom stereocenters. The van der Waals surface area contributed by atoms with Gasteiger partial charge in [-0.05, 0) is 25.1 Å². The van der Waals surface area contributed by atoms with E-state index in [9.17, 15) is 0 Å². The molecule has 0 atom stereocenters. The van der Waals surface area contributed by atoms with Crippen molar-refractivity contribution in [2.75, 3.05) is 19.5 Å². The number of methoxy groups -OCH3 is 1. The minimum absolute atomic E-state index is 0.517. The van der Waals surface area contributed by atoms with Crippen molar-refractivity contribution in [3.63, 3.8) is 0 Å². The SMILES string of the molecule is CNc1nc(Cc2cc(Cl)ccc2OC)c(C)o1. The Bertz CT molecular complexity index is 552. The standard InChI is InChI=1S/C13H15ClN2O2/c1-8-11(16-13(15-2)18-8)7-9-6-10(14)4-5-12(9)17-3/h4-6H,7H2,1-3H3,(H,15,16). The number of halogens is 1. The minimum atomic E-state index is 0.517. The number of anilines is 1. The molecule has 18 heavy (non-hydrogen) atoms. The van der Waals surface area contributed by atoms with E-state index in [1.807, 2.05) is 19.1 Å². The van der Waals surface area contributed by atoms with Crippen molar-refractivity contribution >= 4 is 17.6 Å². The molecule has 1 aromatic carbocycles. The Morgan fingerprint density at radius 3 is 2.83 bits per heavy atom. The van der Waals surface area contributed by atoms with Crippen molar-refractivity contribution in [1.29, 1.82) is 0 Å². The van der Waals surface area contributed by atoms with Gasteiger partial charge < -0.3 is 14.5 Å². The molecule has 0 fully saturated rings. The van der Waals surface area contributed by atoms with Crippen molar-refractivity contribution in [3.8, 4) is 5.75 Å². The van der Waals surface area contributed by atoms with E-state index in [4.69, 9.17) is 20.8 Å². The van der Waals surface area contributed by atoms with Gasteiger partial charge in [0.05, 0.1) is 12.8 Å². The summed E-state index contributed by atoms with van der Waals surface area (Å²) in [5, 5.41) is 3.56. The van der Waals surface area contributed by atoms with Gasteiger partial charge in [0, 0.05) is 24.1 Å². The third kappa shape index (κ3) is 2.59. The van der Waals surface area contributed by atoms with Crippen molar-refractivity contribution in [1.82, 2.24) is 4.98 Å². The van der Waals surface area contributed by atoms with Crippen LogP contribution in [0.25, 0.3) is 0 Å². The third-order valence-electron chi connectivity index (χ3n) is 2.71. The van der Waals surface area contributed by atoms with E-state index in [2.05, 4.69) is 10.3 Å². The summed E-state index contributed by atoms with van der Waals surface area (Å²) in [4.78, 5) is 4.35. The van der Waals surface area contributed by atoms with Crippen LogP contribution in [0, 0.1) is 6.92 Å². The van der Waals surface area contributed by atoms with Gasteiger partial charge in [0.25, 0.3) is 6.01 Å². The summed E-state index contributed by atoms with van der Waals surface area (Å²) < 4.78 is 10.8. The highest BCUT2D eigenvalue weighted by molar-refractivity contribution is 6.30. The molecule has 1 N–H and O–H groups in total. The second-order valence-electron chi connectivity index (χ2n) is 3.90. The van der Waals surface area contributed by atoms with Gasteiger partial charge in [-0.1, -0.05) is 11.6 Å². The fourth-order valence-corrected chi connectivity index (χ4v) is 1.96.